The first-order chi connectivity index (χ1) is 54.3. The number of halogens is 6. The van der Waals surface area contributed by atoms with E-state index in [1.807, 2.05) is 0 Å². The van der Waals surface area contributed by atoms with Gasteiger partial charge in [-0.2, -0.15) is 9.44 Å². The molecule has 0 saturated carbocycles. The molecule has 0 spiro atoms. The van der Waals surface area contributed by atoms with Crippen molar-refractivity contribution >= 4 is 177 Å². The van der Waals surface area contributed by atoms with Crippen LogP contribution in [0.3, 0.4) is 0 Å². The average Bonchev–Trinajstić information content (AvgIpc) is 0.791. The monoisotopic (exact) mass is 2340 g/mol. The van der Waals surface area contributed by atoms with Gasteiger partial charge in [0.25, 0.3) is 0 Å². The van der Waals surface area contributed by atoms with Gasteiger partial charge in [-0.25, -0.2) is 16.8 Å². The molecule has 32 nitrogen and oxygen atoms in total. The zero-order valence-electron chi connectivity index (χ0n) is 63.8. The third-order valence-corrected chi connectivity index (χ3v) is 20.3. The van der Waals surface area contributed by atoms with Crippen LogP contribution in [-0.2, 0) is 39.2 Å². The van der Waals surface area contributed by atoms with Crippen LogP contribution in [0.25, 0.3) is 0 Å². The van der Waals surface area contributed by atoms with Crippen LogP contribution >= 0.6 is 95.6 Å². The molecule has 0 aliphatic heterocycles. The Morgan fingerprint density at radius 3 is 0.585 bits per heavy atom. The van der Waals surface area contributed by atoms with Crippen molar-refractivity contribution in [2.45, 2.75) is 34.7 Å². The van der Waals surface area contributed by atoms with Gasteiger partial charge in [-0.1, -0.05) is 131 Å². The first-order valence-electron chi connectivity index (χ1n) is 32.8. The van der Waals surface area contributed by atoms with Crippen molar-refractivity contribution in [2.24, 2.45) is 0 Å². The zero-order chi connectivity index (χ0) is 87.6. The summed E-state index contributed by atoms with van der Waals surface area (Å²) in [5.41, 5.74) is -4.71. The van der Waals surface area contributed by atoms with Gasteiger partial charge in [-0.15, -0.1) is 0 Å². The average molecular weight is 2350 g/mol. The van der Waals surface area contributed by atoms with Crippen LogP contribution in [0.15, 0.2) is 194 Å². The van der Waals surface area contributed by atoms with Gasteiger partial charge in [0.15, 0.2) is 0 Å². The molecule has 634 valence electrons. The van der Waals surface area contributed by atoms with Crippen molar-refractivity contribution in [1.82, 2.24) is 29.0 Å². The molecule has 0 fully saturated rings. The molecule has 4 amide bonds. The van der Waals surface area contributed by atoms with E-state index in [-0.39, 0.29) is 158 Å². The number of hydrogen-bond donors (Lipinski definition) is 2. The number of carbonyl (C=O) groups is 10. The zero-order valence-corrected chi connectivity index (χ0v) is 79.4. The molecule has 0 aliphatic carbocycles. The summed E-state index contributed by atoms with van der Waals surface area (Å²) in [5.74, 6) is -10.8. The van der Waals surface area contributed by atoms with Gasteiger partial charge in [-0.3, -0.25) is 19.2 Å². The standard InChI is InChI=1S/2C32H26Br3NO11S.4C3H7NO.2Gd/c2*1-18-2-7-22(8-3-18)48(43,44)36-32(15-45-26-9-4-19(33)12-23(26)29(37)38,16-46-27-10-5-20(34)13-24(27)30(39)40)17-47-28-11-6-21(35)14-25(28)31(41)42;4*1-4(2)3-5;;/h2*2-14,36H,15-17H2,1H3,(H,37,38)(H,39,40)(H,41,42);4*3H,1-2H3;;/q;;;;;;2*+3/p-6. The Bertz CT molecular complexity index is 4340. The van der Waals surface area contributed by atoms with Crippen molar-refractivity contribution in [3.05, 3.63) is 229 Å². The number of nitrogens with zero attached hydrogens (tertiary/aromatic N) is 4. The number of benzene rings is 8. The fraction of sp³-hybridized carbons (Fsp3) is 0.237. The Balaban J connectivity index is 0.000000943. The van der Waals surface area contributed by atoms with Gasteiger partial charge < -0.3 is 107 Å². The van der Waals surface area contributed by atoms with E-state index in [4.69, 9.17) is 28.4 Å². The number of amides is 4. The molecule has 2 N–H and O–H groups in total. The molecule has 2 radical (unpaired) electrons. The smallest absolute Gasteiger partial charge is 0.545 e. The molecule has 8 aromatic rings. The largest absolute Gasteiger partial charge is 3.00 e. The minimum Gasteiger partial charge on any atom is -0.545 e. The summed E-state index contributed by atoms with van der Waals surface area (Å²) in [5, 5.41) is 71.5. The maximum atomic E-state index is 13.8. The van der Waals surface area contributed by atoms with E-state index in [1.54, 1.807) is 94.5 Å². The number of nitrogens with one attached hydrogen (secondary N) is 2. The summed E-state index contributed by atoms with van der Waals surface area (Å²) in [6.07, 6.45) is 3.00. The Kier molecular flexibility index (Phi) is 48.5. The second kappa shape index (κ2) is 52.7. The molecule has 0 atom stereocenters. The number of carboxylic acids is 6. The molecular formula is C76H74Br6Gd2N6O26S2. The van der Waals surface area contributed by atoms with Crippen LogP contribution in [0.2, 0.25) is 0 Å². The van der Waals surface area contributed by atoms with Gasteiger partial charge in [-0.05, 0) is 147 Å². The van der Waals surface area contributed by atoms with Gasteiger partial charge in [0.05, 0.1) is 45.6 Å². The summed E-state index contributed by atoms with van der Waals surface area (Å²) in [7, 11) is 4.61. The van der Waals surface area contributed by atoms with Crippen LogP contribution in [0, 0.1) is 93.7 Å². The minimum atomic E-state index is -4.45. The second-order valence-electron chi connectivity index (χ2n) is 25.0. The summed E-state index contributed by atoms with van der Waals surface area (Å²) >= 11 is 19.1. The van der Waals surface area contributed by atoms with E-state index < -0.39 is 107 Å². The Morgan fingerprint density at radius 1 is 0.314 bits per heavy atom. The number of rotatable bonds is 34. The number of aromatic carboxylic acids is 6. The summed E-state index contributed by atoms with van der Waals surface area (Å²) < 4.78 is 98.1. The molecular weight excluding hydrogens is 2270 g/mol. The maximum Gasteiger partial charge on any atom is 3.00 e. The van der Waals surface area contributed by atoms with Crippen LogP contribution in [-0.4, -0.2) is 205 Å². The topological polar surface area (TPSA) is 470 Å². The number of hydrogen-bond acceptors (Lipinski definition) is 26. The van der Waals surface area contributed by atoms with Gasteiger partial charge in [0, 0.05) is 117 Å². The van der Waals surface area contributed by atoms with Crippen molar-refractivity contribution < 1.29 is 204 Å². The fourth-order valence-electron chi connectivity index (χ4n) is 8.57. The molecule has 8 rings (SSSR count). The van der Waals surface area contributed by atoms with E-state index in [2.05, 4.69) is 105 Å². The Morgan fingerprint density at radius 2 is 0.458 bits per heavy atom. The third kappa shape index (κ3) is 37.7. The molecule has 8 aromatic carbocycles. The van der Waals surface area contributed by atoms with E-state index in [1.165, 1.54) is 153 Å². The van der Waals surface area contributed by atoms with E-state index in [9.17, 15) is 95.4 Å². The van der Waals surface area contributed by atoms with Gasteiger partial charge in [0.1, 0.15) is 85.2 Å². The summed E-state index contributed by atoms with van der Waals surface area (Å²) in [4.78, 5) is 115. The summed E-state index contributed by atoms with van der Waals surface area (Å²) in [6.45, 7) is -0.595. The molecule has 42 heteroatoms. The van der Waals surface area contributed by atoms with Gasteiger partial charge >= 0.3 is 79.9 Å². The first kappa shape index (κ1) is 109. The Hall–Kier alpha value is -7.39. The summed E-state index contributed by atoms with van der Waals surface area (Å²) in [6, 6.07) is 35.7. The minimum absolute atomic E-state index is 0. The van der Waals surface area contributed by atoms with Crippen LogP contribution in [0.1, 0.15) is 73.3 Å². The maximum absolute atomic E-state index is 13.8. The predicted molar refractivity (Wildman–Crippen MR) is 431 cm³/mol. The molecule has 0 aromatic heterocycles. The fourth-order valence-corrected chi connectivity index (χ4v) is 13.5. The van der Waals surface area contributed by atoms with Crippen LogP contribution < -0.4 is 68.5 Å². The second-order valence-corrected chi connectivity index (χ2v) is 33.8. The van der Waals surface area contributed by atoms with Gasteiger partial charge in [0.2, 0.25) is 45.7 Å². The third-order valence-electron chi connectivity index (χ3n) is 14.2. The normalized spacial score (nSPS) is 10.5. The first-order valence-corrected chi connectivity index (χ1v) is 40.5. The van der Waals surface area contributed by atoms with Crippen molar-refractivity contribution in [2.75, 3.05) is 96.0 Å². The van der Waals surface area contributed by atoms with E-state index >= 15 is 0 Å². The van der Waals surface area contributed by atoms with Crippen molar-refractivity contribution in [1.29, 1.82) is 0 Å². The number of sulfonamides is 2. The number of aryl methyl sites for hydroxylation is 2. The van der Waals surface area contributed by atoms with Crippen LogP contribution in [0.4, 0.5) is 0 Å². The quantitative estimate of drug-likeness (QED) is 0.0537. The Labute approximate surface area is 794 Å². The number of carbonyl (C=O) groups excluding carboxylic acids is 10. The molecule has 0 heterocycles. The molecule has 0 aliphatic rings. The van der Waals surface area contributed by atoms with Crippen LogP contribution in [0.5, 0.6) is 34.5 Å². The van der Waals surface area contributed by atoms with E-state index in [0.29, 0.717) is 26.8 Å². The number of carboxylic acid groups (broad SMARTS) is 6. The number of ether oxygens (including phenoxy) is 6. The molecule has 0 saturated heterocycles. The SMILES string of the molecule is CN(C)C=O.CN(C)C=O.CN(C)C=O.CN(C)C=O.Cc1ccc(S(=O)(=O)NC(COc2ccc(Br)cc2C(=O)[O-])(COc2ccc(Br)cc2C(=O)[O-])COc2ccc(Br)cc2C(=O)[O-])cc1.Cc1ccc(S(=O)(=O)NC(COc2ccc(Br)cc2C(=O)[O-])(COc2ccc(Br)cc2C(=O)[O-])COc2ccc(Br)cc2C(=O)[O-])cc1.[Gd+3].[Gd+3]. The molecule has 0 unspecified atom stereocenters. The predicted octanol–water partition coefficient (Wildman–Crippen LogP) is 4.07. The molecule has 118 heavy (non-hydrogen) atoms. The molecule has 0 bridgehead atoms. The van der Waals surface area contributed by atoms with E-state index in [0.717, 1.165) is 36.8 Å². The van der Waals surface area contributed by atoms with Crippen molar-refractivity contribution in [3.63, 3.8) is 0 Å². The van der Waals surface area contributed by atoms with Crippen molar-refractivity contribution in [3.8, 4) is 34.5 Å².